The molecular formula is C40H38Br2N4O3. The third kappa shape index (κ3) is 9.03. The van der Waals surface area contributed by atoms with Crippen LogP contribution in [0.2, 0.25) is 0 Å². The van der Waals surface area contributed by atoms with Crippen molar-refractivity contribution in [3.8, 4) is 22.6 Å². The van der Waals surface area contributed by atoms with Crippen molar-refractivity contribution < 1.29 is 13.8 Å². The molecule has 9 heteroatoms. The third-order valence-corrected chi connectivity index (χ3v) is 9.75. The van der Waals surface area contributed by atoms with Gasteiger partial charge in [0.1, 0.15) is 0 Å². The lowest BCUT2D eigenvalue weighted by Crippen LogP contribution is -2.41. The van der Waals surface area contributed by atoms with Gasteiger partial charge in [-0.3, -0.25) is 9.69 Å². The number of carbonyl (C=O) groups excluding carboxylic acids is 1. The summed E-state index contributed by atoms with van der Waals surface area (Å²) in [7, 11) is 0. The topological polar surface area (TPSA) is 75.6 Å². The summed E-state index contributed by atoms with van der Waals surface area (Å²) in [6.45, 7) is 6.26. The number of rotatable bonds is 14. The quantitative estimate of drug-likeness (QED) is 0.110. The predicted molar refractivity (Wildman–Crippen MR) is 200 cm³/mol. The van der Waals surface area contributed by atoms with Gasteiger partial charge in [0.25, 0.3) is 0 Å². The lowest BCUT2D eigenvalue weighted by atomic mass is 10.1. The van der Waals surface area contributed by atoms with E-state index in [0.29, 0.717) is 31.9 Å². The standard InChI is InChI=1S/C40H38Br2N4O3/c1-28-36(39(48-43-28)32-13-17-34(41)18-14-32)25-45(23-21-30-9-5-3-6-10-30)27-38(47)46(24-22-31-11-7-4-8-12-31)26-37-29(2)44-49-40(37)33-15-19-35(42)20-16-33/h3-20H,21-27H2,1-2H3. The number of benzene rings is 4. The molecule has 0 bridgehead atoms. The second-order valence-electron chi connectivity index (χ2n) is 12.2. The average molecular weight is 783 g/mol. The fourth-order valence-electron chi connectivity index (χ4n) is 5.86. The highest BCUT2D eigenvalue weighted by molar-refractivity contribution is 9.10. The summed E-state index contributed by atoms with van der Waals surface area (Å²) in [5.74, 6) is 1.44. The van der Waals surface area contributed by atoms with E-state index >= 15 is 0 Å². The Hall–Kier alpha value is -4.31. The second-order valence-corrected chi connectivity index (χ2v) is 14.0. The zero-order valence-electron chi connectivity index (χ0n) is 27.6. The van der Waals surface area contributed by atoms with Crippen LogP contribution < -0.4 is 0 Å². The van der Waals surface area contributed by atoms with E-state index in [2.05, 4.69) is 83.5 Å². The van der Waals surface area contributed by atoms with Crippen LogP contribution >= 0.6 is 31.9 Å². The molecule has 0 atom stereocenters. The number of carbonyl (C=O) groups is 1. The summed E-state index contributed by atoms with van der Waals surface area (Å²) in [6.07, 6.45) is 1.53. The molecule has 0 saturated carbocycles. The van der Waals surface area contributed by atoms with Crippen LogP contribution in [0.15, 0.2) is 127 Å². The van der Waals surface area contributed by atoms with Crippen molar-refractivity contribution in [1.82, 2.24) is 20.1 Å². The Balaban J connectivity index is 1.29. The minimum atomic E-state index is 0.0330. The average Bonchev–Trinajstić information content (AvgIpc) is 3.67. The molecule has 4 aromatic carbocycles. The number of aryl methyl sites for hydroxylation is 2. The molecule has 7 nitrogen and oxygen atoms in total. The maximum atomic E-state index is 14.5. The van der Waals surface area contributed by atoms with Gasteiger partial charge in [-0.1, -0.05) is 127 Å². The number of nitrogens with zero attached hydrogens (tertiary/aromatic N) is 4. The van der Waals surface area contributed by atoms with Crippen LogP contribution in [0.25, 0.3) is 22.6 Å². The monoisotopic (exact) mass is 780 g/mol. The molecule has 0 saturated heterocycles. The fraction of sp³-hybridized carbons (Fsp3) is 0.225. The summed E-state index contributed by atoms with van der Waals surface area (Å²) >= 11 is 7.06. The largest absolute Gasteiger partial charge is 0.356 e. The molecule has 49 heavy (non-hydrogen) atoms. The van der Waals surface area contributed by atoms with Crippen molar-refractivity contribution in [1.29, 1.82) is 0 Å². The van der Waals surface area contributed by atoms with E-state index in [-0.39, 0.29) is 12.5 Å². The summed E-state index contributed by atoms with van der Waals surface area (Å²) in [6, 6.07) is 36.6. The first-order chi connectivity index (χ1) is 23.8. The summed E-state index contributed by atoms with van der Waals surface area (Å²) in [5.41, 5.74) is 7.73. The Labute approximate surface area is 304 Å². The molecule has 250 valence electrons. The van der Waals surface area contributed by atoms with Crippen molar-refractivity contribution in [2.24, 2.45) is 0 Å². The summed E-state index contributed by atoms with van der Waals surface area (Å²) < 4.78 is 13.7. The van der Waals surface area contributed by atoms with Gasteiger partial charge >= 0.3 is 0 Å². The zero-order chi connectivity index (χ0) is 34.2. The maximum absolute atomic E-state index is 14.5. The van der Waals surface area contributed by atoms with Crippen molar-refractivity contribution >= 4 is 37.8 Å². The normalized spacial score (nSPS) is 11.3. The van der Waals surface area contributed by atoms with Crippen molar-refractivity contribution in [2.45, 2.75) is 39.8 Å². The minimum Gasteiger partial charge on any atom is -0.356 e. The highest BCUT2D eigenvalue weighted by atomic mass is 79.9. The van der Waals surface area contributed by atoms with E-state index in [1.54, 1.807) is 0 Å². The van der Waals surface area contributed by atoms with Gasteiger partial charge in [0.15, 0.2) is 11.5 Å². The molecule has 0 unspecified atom stereocenters. The molecule has 0 spiro atoms. The molecular weight excluding hydrogens is 744 g/mol. The highest BCUT2D eigenvalue weighted by Gasteiger charge is 2.25. The highest BCUT2D eigenvalue weighted by Crippen LogP contribution is 2.30. The molecule has 0 aliphatic rings. The number of hydrogen-bond donors (Lipinski definition) is 0. The lowest BCUT2D eigenvalue weighted by molar-refractivity contribution is -0.133. The Morgan fingerprint density at radius 1 is 0.612 bits per heavy atom. The lowest BCUT2D eigenvalue weighted by Gasteiger charge is -2.28. The number of hydrogen-bond acceptors (Lipinski definition) is 6. The molecule has 0 N–H and O–H groups in total. The second kappa shape index (κ2) is 16.4. The van der Waals surface area contributed by atoms with Gasteiger partial charge in [-0.05, 0) is 62.1 Å². The van der Waals surface area contributed by atoms with Crippen molar-refractivity contribution in [3.05, 3.63) is 152 Å². The van der Waals surface area contributed by atoms with Crippen molar-refractivity contribution in [2.75, 3.05) is 19.6 Å². The van der Waals surface area contributed by atoms with Crippen molar-refractivity contribution in [3.63, 3.8) is 0 Å². The van der Waals surface area contributed by atoms with Gasteiger partial charge in [-0.25, -0.2) is 0 Å². The van der Waals surface area contributed by atoms with Crippen LogP contribution in [-0.2, 0) is 30.7 Å². The van der Waals surface area contributed by atoms with Crippen LogP contribution in [0.5, 0.6) is 0 Å². The molecule has 0 aliphatic heterocycles. The van der Waals surface area contributed by atoms with Gasteiger partial charge in [0.2, 0.25) is 5.91 Å². The summed E-state index contributed by atoms with van der Waals surface area (Å²) in [4.78, 5) is 18.7. The Morgan fingerprint density at radius 2 is 1.06 bits per heavy atom. The molecule has 6 aromatic rings. The third-order valence-electron chi connectivity index (χ3n) is 8.70. The maximum Gasteiger partial charge on any atom is 0.237 e. The Bertz CT molecular complexity index is 1960. The predicted octanol–water partition coefficient (Wildman–Crippen LogP) is 9.45. The molecule has 2 heterocycles. The van der Waals surface area contributed by atoms with Crippen LogP contribution in [0, 0.1) is 13.8 Å². The molecule has 0 aliphatic carbocycles. The zero-order valence-corrected chi connectivity index (χ0v) is 30.8. The number of amides is 1. The minimum absolute atomic E-state index is 0.0330. The number of aromatic nitrogens is 2. The van der Waals surface area contributed by atoms with E-state index in [9.17, 15) is 4.79 Å². The van der Waals surface area contributed by atoms with E-state index in [1.165, 1.54) is 11.1 Å². The Kier molecular flexibility index (Phi) is 11.6. The van der Waals surface area contributed by atoms with Gasteiger partial charge in [-0.15, -0.1) is 0 Å². The molecule has 0 radical (unpaired) electrons. The van der Waals surface area contributed by atoms with E-state index in [4.69, 9.17) is 9.05 Å². The van der Waals surface area contributed by atoms with Crippen LogP contribution in [-0.4, -0.2) is 45.7 Å². The first-order valence-electron chi connectivity index (χ1n) is 16.3. The van der Waals surface area contributed by atoms with Crippen LogP contribution in [0.3, 0.4) is 0 Å². The van der Waals surface area contributed by atoms with Gasteiger partial charge in [-0.2, -0.15) is 0 Å². The van der Waals surface area contributed by atoms with E-state index in [0.717, 1.165) is 61.2 Å². The number of halogens is 2. The van der Waals surface area contributed by atoms with Crippen LogP contribution in [0.1, 0.15) is 33.6 Å². The summed E-state index contributed by atoms with van der Waals surface area (Å²) in [5, 5.41) is 8.66. The van der Waals surface area contributed by atoms with E-state index in [1.807, 2.05) is 91.5 Å². The smallest absolute Gasteiger partial charge is 0.237 e. The molecule has 2 aromatic heterocycles. The Morgan fingerprint density at radius 3 is 1.55 bits per heavy atom. The van der Waals surface area contributed by atoms with Crippen LogP contribution in [0.4, 0.5) is 0 Å². The first kappa shape index (κ1) is 34.5. The molecule has 6 rings (SSSR count). The van der Waals surface area contributed by atoms with Gasteiger partial charge in [0.05, 0.1) is 24.5 Å². The van der Waals surface area contributed by atoms with Gasteiger partial charge in [0, 0.05) is 50.8 Å². The molecule has 0 fully saturated rings. The first-order valence-corrected chi connectivity index (χ1v) is 17.9. The SMILES string of the molecule is Cc1noc(-c2ccc(Br)cc2)c1CN(CCc1ccccc1)CC(=O)N(CCc1ccccc1)Cc1c(C)noc1-c1ccc(Br)cc1. The van der Waals surface area contributed by atoms with E-state index < -0.39 is 0 Å². The fourth-order valence-corrected chi connectivity index (χ4v) is 6.39. The molecule has 1 amide bonds. The van der Waals surface area contributed by atoms with Gasteiger partial charge < -0.3 is 13.9 Å².